The lowest BCUT2D eigenvalue weighted by atomic mass is 10.0. The highest BCUT2D eigenvalue weighted by Crippen LogP contribution is 2.23. The van der Waals surface area contributed by atoms with E-state index in [1.165, 1.54) is 0 Å². The molecule has 2 rings (SSSR count). The first kappa shape index (κ1) is 14.3. The third-order valence-electron chi connectivity index (χ3n) is 3.00. The number of ether oxygens (including phenoxy) is 3. The van der Waals surface area contributed by atoms with Crippen LogP contribution in [-0.4, -0.2) is 32.0 Å². The molecule has 1 heterocycles. The zero-order chi connectivity index (χ0) is 13.7. The molecule has 0 radical (unpaired) electrons. The fourth-order valence-corrected chi connectivity index (χ4v) is 2.14. The van der Waals surface area contributed by atoms with Crippen molar-refractivity contribution in [2.24, 2.45) is 5.84 Å². The third-order valence-corrected chi connectivity index (χ3v) is 3.00. The van der Waals surface area contributed by atoms with Gasteiger partial charge in [-0.25, -0.2) is 0 Å². The minimum Gasteiger partial charge on any atom is -0.491 e. The minimum absolute atomic E-state index is 0.0596. The van der Waals surface area contributed by atoms with Crippen LogP contribution in [0.2, 0.25) is 0 Å². The molecule has 5 nitrogen and oxygen atoms in total. The van der Waals surface area contributed by atoms with E-state index in [0.29, 0.717) is 19.8 Å². The highest BCUT2D eigenvalue weighted by atomic mass is 16.6. The number of nitrogens with one attached hydrogen (secondary N) is 1. The molecule has 19 heavy (non-hydrogen) atoms. The second-order valence-electron chi connectivity index (χ2n) is 4.86. The van der Waals surface area contributed by atoms with Gasteiger partial charge in [-0.15, -0.1) is 0 Å². The Kier molecular flexibility index (Phi) is 5.15. The second-order valence-corrected chi connectivity index (χ2v) is 4.86. The van der Waals surface area contributed by atoms with Crippen molar-refractivity contribution in [2.45, 2.75) is 32.1 Å². The first-order valence-electron chi connectivity index (χ1n) is 6.63. The summed E-state index contributed by atoms with van der Waals surface area (Å²) >= 11 is 0. The van der Waals surface area contributed by atoms with Crippen molar-refractivity contribution in [1.29, 1.82) is 0 Å². The minimum atomic E-state index is -0.0756. The van der Waals surface area contributed by atoms with Crippen LogP contribution in [0.25, 0.3) is 0 Å². The van der Waals surface area contributed by atoms with E-state index in [-0.39, 0.29) is 18.2 Å². The highest BCUT2D eigenvalue weighted by molar-refractivity contribution is 5.30. The molecule has 2 unspecified atom stereocenters. The van der Waals surface area contributed by atoms with Gasteiger partial charge in [-0.05, 0) is 31.5 Å². The van der Waals surface area contributed by atoms with Gasteiger partial charge in [0.2, 0.25) is 0 Å². The fraction of sp³-hybridized carbons (Fsp3) is 0.571. The van der Waals surface area contributed by atoms with Gasteiger partial charge >= 0.3 is 0 Å². The van der Waals surface area contributed by atoms with Crippen LogP contribution in [0.1, 0.15) is 25.5 Å². The first-order valence-corrected chi connectivity index (χ1v) is 6.63. The predicted molar refractivity (Wildman–Crippen MR) is 72.8 cm³/mol. The van der Waals surface area contributed by atoms with Gasteiger partial charge in [-0.3, -0.25) is 11.3 Å². The Morgan fingerprint density at radius 1 is 1.26 bits per heavy atom. The number of rotatable bonds is 5. The van der Waals surface area contributed by atoms with Crippen LogP contribution in [-0.2, 0) is 9.47 Å². The number of benzene rings is 1. The Morgan fingerprint density at radius 2 is 2.00 bits per heavy atom. The highest BCUT2D eigenvalue weighted by Gasteiger charge is 2.25. The lowest BCUT2D eigenvalue weighted by Gasteiger charge is -2.30. The molecule has 1 aliphatic rings. The average molecular weight is 266 g/mol. The Morgan fingerprint density at radius 3 is 2.53 bits per heavy atom. The molecule has 0 bridgehead atoms. The van der Waals surface area contributed by atoms with Crippen LogP contribution < -0.4 is 16.0 Å². The summed E-state index contributed by atoms with van der Waals surface area (Å²) in [7, 11) is 0. The van der Waals surface area contributed by atoms with Crippen LogP contribution in [0.4, 0.5) is 0 Å². The van der Waals surface area contributed by atoms with Crippen molar-refractivity contribution in [3.8, 4) is 5.75 Å². The zero-order valence-electron chi connectivity index (χ0n) is 11.5. The molecule has 2 atom stereocenters. The lowest BCUT2D eigenvalue weighted by Crippen LogP contribution is -2.43. The molecule has 5 heteroatoms. The molecule has 1 aromatic rings. The maximum Gasteiger partial charge on any atom is 0.119 e. The molecule has 1 saturated heterocycles. The van der Waals surface area contributed by atoms with Crippen LogP contribution in [0.5, 0.6) is 5.75 Å². The summed E-state index contributed by atoms with van der Waals surface area (Å²) in [5, 5.41) is 0. The molecule has 0 spiro atoms. The maximum atomic E-state index is 5.68. The van der Waals surface area contributed by atoms with Gasteiger partial charge in [-0.1, -0.05) is 12.1 Å². The van der Waals surface area contributed by atoms with E-state index in [0.717, 1.165) is 11.3 Å². The van der Waals surface area contributed by atoms with E-state index in [1.54, 1.807) is 0 Å². The Labute approximate surface area is 114 Å². The summed E-state index contributed by atoms with van der Waals surface area (Å²) in [4.78, 5) is 0. The Bertz CT molecular complexity index is 375. The van der Waals surface area contributed by atoms with Crippen LogP contribution in [0, 0.1) is 0 Å². The van der Waals surface area contributed by atoms with E-state index >= 15 is 0 Å². The standard InChI is InChI=1S/C14H22N2O3/c1-10(2)19-12-5-3-11(4-6-12)14(16-15)13-9-17-7-8-18-13/h3-6,10,13-14,16H,7-9,15H2,1-2H3. The Hall–Kier alpha value is -1.14. The molecule has 106 valence electrons. The number of hydrogen-bond acceptors (Lipinski definition) is 5. The quantitative estimate of drug-likeness (QED) is 0.623. The van der Waals surface area contributed by atoms with Crippen molar-refractivity contribution in [2.75, 3.05) is 19.8 Å². The van der Waals surface area contributed by atoms with Gasteiger partial charge in [0.25, 0.3) is 0 Å². The monoisotopic (exact) mass is 266 g/mol. The second kappa shape index (κ2) is 6.86. The molecule has 1 fully saturated rings. The van der Waals surface area contributed by atoms with E-state index in [1.807, 2.05) is 38.1 Å². The summed E-state index contributed by atoms with van der Waals surface area (Å²) < 4.78 is 16.7. The number of hydrogen-bond donors (Lipinski definition) is 2. The van der Waals surface area contributed by atoms with Crippen molar-refractivity contribution >= 4 is 0 Å². The summed E-state index contributed by atoms with van der Waals surface area (Å²) in [6.07, 6.45) is 0.111. The Balaban J connectivity index is 2.05. The molecule has 0 aliphatic carbocycles. The van der Waals surface area contributed by atoms with Gasteiger partial charge < -0.3 is 14.2 Å². The van der Waals surface area contributed by atoms with E-state index in [4.69, 9.17) is 20.1 Å². The first-order chi connectivity index (χ1) is 9.20. The molecule has 0 aromatic heterocycles. The molecular formula is C14H22N2O3. The molecule has 1 aromatic carbocycles. The number of nitrogens with two attached hydrogens (primary N) is 1. The third kappa shape index (κ3) is 3.91. The normalized spacial score (nSPS) is 21.4. The van der Waals surface area contributed by atoms with Crippen molar-refractivity contribution in [1.82, 2.24) is 5.43 Å². The van der Waals surface area contributed by atoms with Crippen molar-refractivity contribution < 1.29 is 14.2 Å². The SMILES string of the molecule is CC(C)Oc1ccc(C(NN)C2COCCO2)cc1. The van der Waals surface area contributed by atoms with E-state index < -0.39 is 0 Å². The fourth-order valence-electron chi connectivity index (χ4n) is 2.14. The summed E-state index contributed by atoms with van der Waals surface area (Å²) in [5.41, 5.74) is 3.87. The van der Waals surface area contributed by atoms with Crippen LogP contribution >= 0.6 is 0 Å². The number of hydrazine groups is 1. The van der Waals surface area contributed by atoms with Gasteiger partial charge in [0, 0.05) is 0 Å². The van der Waals surface area contributed by atoms with E-state index in [9.17, 15) is 0 Å². The van der Waals surface area contributed by atoms with Gasteiger partial charge in [0.1, 0.15) is 11.9 Å². The lowest BCUT2D eigenvalue weighted by molar-refractivity contribution is -0.102. The van der Waals surface area contributed by atoms with Crippen molar-refractivity contribution in [3.63, 3.8) is 0 Å². The molecule has 0 amide bonds. The predicted octanol–water partition coefficient (Wildman–Crippen LogP) is 1.39. The zero-order valence-corrected chi connectivity index (χ0v) is 11.5. The topological polar surface area (TPSA) is 65.7 Å². The van der Waals surface area contributed by atoms with Crippen molar-refractivity contribution in [3.05, 3.63) is 29.8 Å². The summed E-state index contributed by atoms with van der Waals surface area (Å²) in [6, 6.07) is 7.82. The van der Waals surface area contributed by atoms with Crippen LogP contribution in [0.3, 0.4) is 0 Å². The molecule has 0 saturated carbocycles. The van der Waals surface area contributed by atoms with Gasteiger partial charge in [0.05, 0.1) is 32.0 Å². The average Bonchev–Trinajstić information content (AvgIpc) is 2.42. The smallest absolute Gasteiger partial charge is 0.119 e. The molecule has 1 aliphatic heterocycles. The molecule has 3 N–H and O–H groups in total. The summed E-state index contributed by atoms with van der Waals surface area (Å²) in [6.45, 7) is 5.82. The van der Waals surface area contributed by atoms with Gasteiger partial charge in [0.15, 0.2) is 0 Å². The maximum absolute atomic E-state index is 5.68. The van der Waals surface area contributed by atoms with Crippen LogP contribution in [0.15, 0.2) is 24.3 Å². The van der Waals surface area contributed by atoms with Gasteiger partial charge in [-0.2, -0.15) is 0 Å². The molecular weight excluding hydrogens is 244 g/mol. The largest absolute Gasteiger partial charge is 0.491 e. The van der Waals surface area contributed by atoms with E-state index in [2.05, 4.69) is 5.43 Å². The summed E-state index contributed by atoms with van der Waals surface area (Å²) in [5.74, 6) is 6.49.